The molecule has 0 spiro atoms. The van der Waals surface area contributed by atoms with Gasteiger partial charge in [-0.1, -0.05) is 13.1 Å². The summed E-state index contributed by atoms with van der Waals surface area (Å²) < 4.78 is 1.89. The van der Waals surface area contributed by atoms with Gasteiger partial charge in [0.15, 0.2) is 0 Å². The van der Waals surface area contributed by atoms with Crippen LogP contribution < -0.4 is 0 Å². The van der Waals surface area contributed by atoms with E-state index in [1.54, 1.807) is 6.92 Å². The van der Waals surface area contributed by atoms with Crippen molar-refractivity contribution in [3.8, 4) is 0 Å². The first-order chi connectivity index (χ1) is 10.1. The molecule has 2 heterocycles. The number of hydrogen-bond donors (Lipinski definition) is 0. The molecule has 22 heavy (non-hydrogen) atoms. The molecule has 0 unspecified atom stereocenters. The minimum Gasteiger partial charge on any atom is -0.321 e. The molecule has 0 aliphatic rings. The molecular formula is C17H19N3OY-2. The van der Waals surface area contributed by atoms with E-state index in [9.17, 15) is 4.79 Å². The predicted octanol–water partition coefficient (Wildman–Crippen LogP) is 3.31. The first-order valence-corrected chi connectivity index (χ1v) is 6.73. The van der Waals surface area contributed by atoms with E-state index < -0.39 is 0 Å². The number of carbonyl (C=O) groups is 1. The van der Waals surface area contributed by atoms with Gasteiger partial charge in [-0.05, 0) is 13.8 Å². The zero-order valence-corrected chi connectivity index (χ0v) is 16.0. The predicted molar refractivity (Wildman–Crippen MR) is 82.8 cm³/mol. The van der Waals surface area contributed by atoms with Gasteiger partial charge in [0.2, 0.25) is 0 Å². The normalized spacial score (nSPS) is 8.68. The average Bonchev–Trinajstić information content (AvgIpc) is 2.92. The quantitative estimate of drug-likeness (QED) is 0.618. The number of fused-ring (bicyclic) bond motifs is 1. The second-order valence-electron chi connectivity index (χ2n) is 4.24. The molecule has 0 atom stereocenters. The smallest absolute Gasteiger partial charge is 0.131 e. The Hall–Kier alpha value is -1.39. The van der Waals surface area contributed by atoms with Crippen LogP contribution in [0, 0.1) is 19.1 Å². The van der Waals surface area contributed by atoms with E-state index in [1.165, 1.54) is 0 Å². The summed E-state index contributed by atoms with van der Waals surface area (Å²) in [6.45, 7) is 5.34. The summed E-state index contributed by atoms with van der Waals surface area (Å²) in [6.07, 6.45) is 2.49. The summed E-state index contributed by atoms with van der Waals surface area (Å²) >= 11 is 0. The Labute approximate surface area is 156 Å². The van der Waals surface area contributed by atoms with Crippen LogP contribution in [0.3, 0.4) is 0 Å². The minimum atomic E-state index is 0. The van der Waals surface area contributed by atoms with E-state index in [0.717, 1.165) is 11.5 Å². The summed E-state index contributed by atoms with van der Waals surface area (Å²) in [6, 6.07) is 19.1. The largest absolute Gasteiger partial charge is 0.321 e. The van der Waals surface area contributed by atoms with Crippen molar-refractivity contribution in [2.45, 2.75) is 27.2 Å². The Morgan fingerprint density at radius 3 is 2.18 bits per heavy atom. The minimum absolute atomic E-state index is 0. The molecule has 3 aromatic rings. The van der Waals surface area contributed by atoms with Crippen LogP contribution in [0.2, 0.25) is 0 Å². The van der Waals surface area contributed by atoms with Crippen molar-refractivity contribution >= 4 is 11.4 Å². The molecule has 1 aromatic carbocycles. The fraction of sp³-hybridized carbons (Fsp3) is 0.235. The third-order valence-electron chi connectivity index (χ3n) is 2.53. The molecule has 113 valence electrons. The average molecular weight is 370 g/mol. The van der Waals surface area contributed by atoms with Crippen LogP contribution in [-0.2, 0) is 37.5 Å². The molecule has 2 aromatic heterocycles. The van der Waals surface area contributed by atoms with Crippen LogP contribution in [0.4, 0.5) is 0 Å². The fourth-order valence-electron chi connectivity index (χ4n) is 1.24. The fourth-order valence-corrected chi connectivity index (χ4v) is 1.24. The molecule has 3 rings (SSSR count). The van der Waals surface area contributed by atoms with Gasteiger partial charge in [0.05, 0.1) is 5.65 Å². The van der Waals surface area contributed by atoms with Crippen LogP contribution >= 0.6 is 0 Å². The van der Waals surface area contributed by atoms with Crippen LogP contribution in [0.1, 0.15) is 26.1 Å². The van der Waals surface area contributed by atoms with Gasteiger partial charge in [0.1, 0.15) is 11.6 Å². The van der Waals surface area contributed by atoms with Gasteiger partial charge in [-0.3, -0.25) is 0 Å². The van der Waals surface area contributed by atoms with Crippen molar-refractivity contribution in [1.29, 1.82) is 0 Å². The van der Waals surface area contributed by atoms with Crippen molar-refractivity contribution in [1.82, 2.24) is 14.6 Å². The SMILES string of the molecule is CCC(C)=O.Cc1nnc2cc[c-]cn12.[Y].[c-]1ccccc1. The number of rotatable bonds is 1. The Balaban J connectivity index is 0.000000321. The topological polar surface area (TPSA) is 47.3 Å². The summed E-state index contributed by atoms with van der Waals surface area (Å²) in [5, 5.41) is 7.80. The van der Waals surface area contributed by atoms with Gasteiger partial charge in [-0.25, -0.2) is 12.1 Å². The van der Waals surface area contributed by atoms with E-state index in [2.05, 4.69) is 22.3 Å². The summed E-state index contributed by atoms with van der Waals surface area (Å²) in [4.78, 5) is 9.81. The molecule has 0 aliphatic carbocycles. The van der Waals surface area contributed by atoms with Crippen molar-refractivity contribution in [2.75, 3.05) is 0 Å². The van der Waals surface area contributed by atoms with E-state index in [1.807, 2.05) is 66.9 Å². The number of aryl methyl sites for hydroxylation is 1. The van der Waals surface area contributed by atoms with Crippen LogP contribution in [0.5, 0.6) is 0 Å². The number of Topliss-reactive ketones (excluding diaryl/α,β-unsaturated/α-hetero) is 1. The second kappa shape index (κ2) is 12.2. The third-order valence-corrected chi connectivity index (χ3v) is 2.53. The maximum absolute atomic E-state index is 9.81. The maximum Gasteiger partial charge on any atom is 0.131 e. The van der Waals surface area contributed by atoms with E-state index in [4.69, 9.17) is 0 Å². The first kappa shape index (κ1) is 20.6. The molecule has 4 nitrogen and oxygen atoms in total. The number of carbonyl (C=O) groups excluding carboxylic acids is 1. The van der Waals surface area contributed by atoms with Gasteiger partial charge in [-0.2, -0.15) is 47.6 Å². The Morgan fingerprint density at radius 1 is 1.14 bits per heavy atom. The molecule has 0 saturated carbocycles. The van der Waals surface area contributed by atoms with Gasteiger partial charge in [-0.15, -0.1) is 5.10 Å². The molecule has 0 fully saturated rings. The van der Waals surface area contributed by atoms with Crippen molar-refractivity contribution in [2.24, 2.45) is 0 Å². The van der Waals surface area contributed by atoms with Crippen LogP contribution in [0.15, 0.2) is 48.7 Å². The Morgan fingerprint density at radius 2 is 1.77 bits per heavy atom. The van der Waals surface area contributed by atoms with Crippen molar-refractivity contribution in [3.05, 3.63) is 66.6 Å². The molecular weight excluding hydrogens is 351 g/mol. The number of nitrogens with zero attached hydrogens (tertiary/aromatic N) is 3. The van der Waals surface area contributed by atoms with Crippen LogP contribution in [-0.4, -0.2) is 20.4 Å². The Kier molecular flexibility index (Phi) is 11.4. The zero-order chi connectivity index (χ0) is 15.5. The van der Waals surface area contributed by atoms with Crippen molar-refractivity contribution < 1.29 is 37.5 Å². The van der Waals surface area contributed by atoms with Gasteiger partial charge in [0, 0.05) is 39.1 Å². The van der Waals surface area contributed by atoms with Crippen molar-refractivity contribution in [3.63, 3.8) is 0 Å². The van der Waals surface area contributed by atoms with Gasteiger partial charge >= 0.3 is 0 Å². The summed E-state index contributed by atoms with van der Waals surface area (Å²) in [7, 11) is 0. The van der Waals surface area contributed by atoms with Crippen LogP contribution in [0.25, 0.3) is 5.65 Å². The zero-order valence-electron chi connectivity index (χ0n) is 13.2. The summed E-state index contributed by atoms with van der Waals surface area (Å²) in [5.74, 6) is 1.15. The number of benzene rings is 1. The maximum atomic E-state index is 9.81. The molecule has 0 bridgehead atoms. The molecule has 1 radical (unpaired) electrons. The third kappa shape index (κ3) is 8.15. The molecule has 0 aliphatic heterocycles. The number of ketones is 1. The monoisotopic (exact) mass is 370 g/mol. The van der Waals surface area contributed by atoms with Gasteiger partial charge in [0.25, 0.3) is 0 Å². The standard InChI is InChI=1S/C7H6N3.C6H5.C4H8O.Y/c1-6-8-9-7-4-2-3-5-10(6)7;1-2-4-6-5-3-1;1-3-4(2)5;/h2,4-5H,1H3;1-5H;3H2,1-2H3;/q2*-1;;. The molecule has 0 saturated heterocycles. The van der Waals surface area contributed by atoms with E-state index >= 15 is 0 Å². The second-order valence-corrected chi connectivity index (χ2v) is 4.24. The van der Waals surface area contributed by atoms with E-state index in [0.29, 0.717) is 6.42 Å². The number of aromatic nitrogens is 3. The first-order valence-electron chi connectivity index (χ1n) is 6.73. The molecule has 0 N–H and O–H groups in total. The molecule has 0 amide bonds. The van der Waals surface area contributed by atoms with Gasteiger partial charge < -0.3 is 9.20 Å². The molecule has 5 heteroatoms. The Bertz CT molecular complexity index is 626. The van der Waals surface area contributed by atoms with E-state index in [-0.39, 0.29) is 38.5 Å². The summed E-state index contributed by atoms with van der Waals surface area (Å²) in [5.41, 5.74) is 0.872. The number of hydrogen-bond acceptors (Lipinski definition) is 3. The number of pyridine rings is 1.